The minimum atomic E-state index is -0.843. The van der Waals surface area contributed by atoms with Crippen LogP contribution in [0.4, 0.5) is 0 Å². The molecular formula is C11H15BrN2O3. The lowest BCUT2D eigenvalue weighted by Gasteiger charge is -2.19. The minimum Gasteiger partial charge on any atom is -0.480 e. The van der Waals surface area contributed by atoms with Gasteiger partial charge in [-0.05, 0) is 27.6 Å². The molecule has 0 saturated carbocycles. The SMILES string of the molecule is COCCN(CC(=O)O)Cc1cncc(Br)c1. The van der Waals surface area contributed by atoms with E-state index in [9.17, 15) is 4.79 Å². The van der Waals surface area contributed by atoms with Gasteiger partial charge in [0.15, 0.2) is 0 Å². The van der Waals surface area contributed by atoms with Gasteiger partial charge in [0.2, 0.25) is 0 Å². The zero-order valence-corrected chi connectivity index (χ0v) is 11.2. The van der Waals surface area contributed by atoms with Crippen molar-refractivity contribution in [1.82, 2.24) is 9.88 Å². The first-order chi connectivity index (χ1) is 8.11. The predicted molar refractivity (Wildman–Crippen MR) is 66.7 cm³/mol. The Morgan fingerprint density at radius 2 is 2.35 bits per heavy atom. The molecule has 1 aromatic rings. The highest BCUT2D eigenvalue weighted by atomic mass is 79.9. The van der Waals surface area contributed by atoms with Gasteiger partial charge < -0.3 is 9.84 Å². The Morgan fingerprint density at radius 3 is 2.94 bits per heavy atom. The smallest absolute Gasteiger partial charge is 0.317 e. The molecule has 0 aromatic carbocycles. The molecule has 1 N–H and O–H groups in total. The Bertz CT molecular complexity index is 373. The molecule has 1 heterocycles. The van der Waals surface area contributed by atoms with E-state index in [0.717, 1.165) is 10.0 Å². The zero-order valence-electron chi connectivity index (χ0n) is 9.60. The number of rotatable bonds is 7. The van der Waals surface area contributed by atoms with E-state index in [1.807, 2.05) is 6.07 Å². The predicted octanol–water partition coefficient (Wildman–Crippen LogP) is 1.38. The van der Waals surface area contributed by atoms with Gasteiger partial charge in [0.1, 0.15) is 0 Å². The Hall–Kier alpha value is -0.980. The van der Waals surface area contributed by atoms with Gasteiger partial charge >= 0.3 is 5.97 Å². The van der Waals surface area contributed by atoms with Crippen LogP contribution in [0.15, 0.2) is 22.9 Å². The van der Waals surface area contributed by atoms with Crippen molar-refractivity contribution in [3.63, 3.8) is 0 Å². The lowest BCUT2D eigenvalue weighted by atomic mass is 10.2. The maximum absolute atomic E-state index is 10.7. The number of carboxylic acid groups (broad SMARTS) is 1. The number of pyridine rings is 1. The quantitative estimate of drug-likeness (QED) is 0.824. The standard InChI is InChI=1S/C11H15BrN2O3/c1-17-3-2-14(8-11(15)16)7-9-4-10(12)6-13-5-9/h4-6H,2-3,7-8H2,1H3,(H,15,16). The van der Waals surface area contributed by atoms with Crippen LogP contribution in [0.25, 0.3) is 0 Å². The summed E-state index contributed by atoms with van der Waals surface area (Å²) in [5.74, 6) is -0.843. The molecule has 0 amide bonds. The summed E-state index contributed by atoms with van der Waals surface area (Å²) in [4.78, 5) is 16.6. The number of halogens is 1. The molecule has 6 heteroatoms. The fraction of sp³-hybridized carbons (Fsp3) is 0.455. The molecule has 0 saturated heterocycles. The number of methoxy groups -OCH3 is 1. The van der Waals surface area contributed by atoms with Crippen LogP contribution in [0.2, 0.25) is 0 Å². The van der Waals surface area contributed by atoms with Crippen LogP contribution in [0.1, 0.15) is 5.56 Å². The molecule has 0 bridgehead atoms. The van der Waals surface area contributed by atoms with E-state index in [1.165, 1.54) is 0 Å². The number of hydrogen-bond acceptors (Lipinski definition) is 4. The van der Waals surface area contributed by atoms with Crippen molar-refractivity contribution in [3.05, 3.63) is 28.5 Å². The Labute approximate surface area is 109 Å². The van der Waals surface area contributed by atoms with Gasteiger partial charge in [-0.3, -0.25) is 14.7 Å². The molecular weight excluding hydrogens is 288 g/mol. The van der Waals surface area contributed by atoms with Crippen molar-refractivity contribution in [2.45, 2.75) is 6.54 Å². The summed E-state index contributed by atoms with van der Waals surface area (Å²) in [5.41, 5.74) is 0.969. The minimum absolute atomic E-state index is 0.00409. The molecule has 0 aliphatic heterocycles. The van der Waals surface area contributed by atoms with Crippen LogP contribution in [-0.2, 0) is 16.1 Å². The fourth-order valence-electron chi connectivity index (χ4n) is 1.43. The van der Waals surface area contributed by atoms with Crippen LogP contribution < -0.4 is 0 Å². The molecule has 0 unspecified atom stereocenters. The third-order valence-electron chi connectivity index (χ3n) is 2.14. The first kappa shape index (κ1) is 14.1. The lowest BCUT2D eigenvalue weighted by molar-refractivity contribution is -0.138. The van der Waals surface area contributed by atoms with Crippen molar-refractivity contribution in [2.24, 2.45) is 0 Å². The first-order valence-corrected chi connectivity index (χ1v) is 5.93. The number of hydrogen-bond donors (Lipinski definition) is 1. The van der Waals surface area contributed by atoms with Crippen molar-refractivity contribution in [3.8, 4) is 0 Å². The monoisotopic (exact) mass is 302 g/mol. The lowest BCUT2D eigenvalue weighted by Crippen LogP contribution is -2.32. The molecule has 0 aliphatic carbocycles. The molecule has 17 heavy (non-hydrogen) atoms. The van der Waals surface area contributed by atoms with Crippen molar-refractivity contribution < 1.29 is 14.6 Å². The second-order valence-electron chi connectivity index (χ2n) is 3.61. The number of carboxylic acids is 1. The normalized spacial score (nSPS) is 10.8. The van der Waals surface area contributed by atoms with Crippen LogP contribution in [0, 0.1) is 0 Å². The summed E-state index contributed by atoms with van der Waals surface area (Å²) in [6.07, 6.45) is 3.42. The van der Waals surface area contributed by atoms with Crippen LogP contribution in [0.5, 0.6) is 0 Å². The van der Waals surface area contributed by atoms with E-state index in [1.54, 1.807) is 24.4 Å². The molecule has 0 aliphatic rings. The average Bonchev–Trinajstić information content (AvgIpc) is 2.25. The molecule has 0 spiro atoms. The van der Waals surface area contributed by atoms with Crippen molar-refractivity contribution in [1.29, 1.82) is 0 Å². The van der Waals surface area contributed by atoms with Crippen LogP contribution >= 0.6 is 15.9 Å². The van der Waals surface area contributed by atoms with Gasteiger partial charge in [0.25, 0.3) is 0 Å². The van der Waals surface area contributed by atoms with E-state index in [0.29, 0.717) is 19.7 Å². The van der Waals surface area contributed by atoms with E-state index < -0.39 is 5.97 Å². The topological polar surface area (TPSA) is 62.7 Å². The molecule has 94 valence electrons. The Morgan fingerprint density at radius 1 is 1.59 bits per heavy atom. The molecule has 5 nitrogen and oxygen atoms in total. The zero-order chi connectivity index (χ0) is 12.7. The number of aromatic nitrogens is 1. The molecule has 1 aromatic heterocycles. The molecule has 0 atom stereocenters. The second-order valence-corrected chi connectivity index (χ2v) is 4.52. The number of nitrogens with zero attached hydrogens (tertiary/aromatic N) is 2. The summed E-state index contributed by atoms with van der Waals surface area (Å²) < 4.78 is 5.84. The van der Waals surface area contributed by atoms with E-state index in [4.69, 9.17) is 9.84 Å². The van der Waals surface area contributed by atoms with Gasteiger partial charge in [-0.1, -0.05) is 0 Å². The Balaban J connectivity index is 2.61. The third kappa shape index (κ3) is 5.76. The number of carbonyl (C=O) groups is 1. The summed E-state index contributed by atoms with van der Waals surface area (Å²) >= 11 is 3.33. The molecule has 0 radical (unpaired) electrons. The maximum atomic E-state index is 10.7. The van der Waals surface area contributed by atoms with Crippen molar-refractivity contribution >= 4 is 21.9 Å². The highest BCUT2D eigenvalue weighted by Gasteiger charge is 2.10. The van der Waals surface area contributed by atoms with E-state index in [-0.39, 0.29) is 6.54 Å². The molecule has 1 rings (SSSR count). The van der Waals surface area contributed by atoms with E-state index in [2.05, 4.69) is 20.9 Å². The number of ether oxygens (including phenoxy) is 1. The van der Waals surface area contributed by atoms with Gasteiger partial charge in [0.05, 0.1) is 13.2 Å². The first-order valence-electron chi connectivity index (χ1n) is 5.14. The fourth-order valence-corrected chi connectivity index (χ4v) is 1.84. The van der Waals surface area contributed by atoms with Gasteiger partial charge in [-0.2, -0.15) is 0 Å². The van der Waals surface area contributed by atoms with Gasteiger partial charge in [-0.25, -0.2) is 0 Å². The molecule has 0 fully saturated rings. The summed E-state index contributed by atoms with van der Waals surface area (Å²) in [5, 5.41) is 8.81. The highest BCUT2D eigenvalue weighted by Crippen LogP contribution is 2.11. The largest absolute Gasteiger partial charge is 0.480 e. The van der Waals surface area contributed by atoms with E-state index >= 15 is 0 Å². The average molecular weight is 303 g/mol. The third-order valence-corrected chi connectivity index (χ3v) is 2.57. The van der Waals surface area contributed by atoms with Crippen LogP contribution in [0.3, 0.4) is 0 Å². The van der Waals surface area contributed by atoms with Crippen LogP contribution in [-0.4, -0.2) is 47.8 Å². The van der Waals surface area contributed by atoms with Gasteiger partial charge in [0, 0.05) is 37.1 Å². The summed E-state index contributed by atoms with van der Waals surface area (Å²) in [6.45, 7) is 1.63. The number of aliphatic carboxylic acids is 1. The summed E-state index contributed by atoms with van der Waals surface area (Å²) in [7, 11) is 1.60. The maximum Gasteiger partial charge on any atom is 0.317 e. The Kier molecular flexibility index (Phi) is 6.10. The van der Waals surface area contributed by atoms with Crippen molar-refractivity contribution in [2.75, 3.05) is 26.8 Å². The summed E-state index contributed by atoms with van der Waals surface area (Å²) in [6, 6.07) is 1.93. The highest BCUT2D eigenvalue weighted by molar-refractivity contribution is 9.10. The van der Waals surface area contributed by atoms with Gasteiger partial charge in [-0.15, -0.1) is 0 Å². The second kappa shape index (κ2) is 7.37.